The molecule has 0 aliphatic heterocycles. The second-order valence-corrected chi connectivity index (χ2v) is 6.65. The molecule has 24 heavy (non-hydrogen) atoms. The maximum absolute atomic E-state index is 2.36. The van der Waals surface area contributed by atoms with Crippen LogP contribution in [0.2, 0.25) is 0 Å². The van der Waals surface area contributed by atoms with E-state index in [1.54, 1.807) is 0 Å². The van der Waals surface area contributed by atoms with Gasteiger partial charge in [0.2, 0.25) is 0 Å². The van der Waals surface area contributed by atoms with Crippen molar-refractivity contribution in [3.8, 4) is 0 Å². The first-order valence-electron chi connectivity index (χ1n) is 8.37. The minimum absolute atomic E-state index is 1.31. The van der Waals surface area contributed by atoms with Gasteiger partial charge in [0.15, 0.2) is 0 Å². The summed E-state index contributed by atoms with van der Waals surface area (Å²) >= 11 is 0. The second-order valence-electron chi connectivity index (χ2n) is 6.65. The Balaban J connectivity index is 1.77. The molecule has 0 saturated heterocycles. The molecule has 0 unspecified atom stereocenters. The summed E-state index contributed by atoms with van der Waals surface area (Å²) in [6.07, 6.45) is 4.70. The fourth-order valence-corrected chi connectivity index (χ4v) is 4.23. The van der Waals surface area contributed by atoms with Gasteiger partial charge in [-0.25, -0.2) is 0 Å². The van der Waals surface area contributed by atoms with E-state index in [1.807, 2.05) is 0 Å². The van der Waals surface area contributed by atoms with Crippen LogP contribution in [-0.4, -0.2) is 0 Å². The third-order valence-electron chi connectivity index (χ3n) is 5.33. The average molecular weight is 302 g/mol. The minimum atomic E-state index is 1.31. The lowest BCUT2D eigenvalue weighted by molar-refractivity contribution is 1.56. The van der Waals surface area contributed by atoms with Gasteiger partial charge in [-0.15, -0.1) is 0 Å². The van der Waals surface area contributed by atoms with E-state index in [4.69, 9.17) is 0 Å². The minimum Gasteiger partial charge on any atom is -0.0616 e. The van der Waals surface area contributed by atoms with Crippen LogP contribution in [0.5, 0.6) is 0 Å². The van der Waals surface area contributed by atoms with Gasteiger partial charge < -0.3 is 0 Å². The van der Waals surface area contributed by atoms with Crippen LogP contribution >= 0.6 is 0 Å². The van der Waals surface area contributed by atoms with Crippen molar-refractivity contribution in [2.75, 3.05) is 0 Å². The van der Waals surface area contributed by atoms with Gasteiger partial charge in [0.1, 0.15) is 0 Å². The van der Waals surface area contributed by atoms with E-state index in [2.05, 4.69) is 84.9 Å². The molecule has 0 heteroatoms. The molecule has 0 saturated carbocycles. The van der Waals surface area contributed by atoms with E-state index in [9.17, 15) is 0 Å². The van der Waals surface area contributed by atoms with Gasteiger partial charge in [-0.3, -0.25) is 0 Å². The molecule has 6 rings (SSSR count). The van der Waals surface area contributed by atoms with Crippen LogP contribution in [0.4, 0.5) is 0 Å². The predicted molar refractivity (Wildman–Crippen MR) is 102 cm³/mol. The molecule has 0 bridgehead atoms. The van der Waals surface area contributed by atoms with Crippen LogP contribution in [-0.2, 0) is 0 Å². The quantitative estimate of drug-likeness (QED) is 0.452. The normalized spacial score (nSPS) is 14.3. The number of hydrogen-bond acceptors (Lipinski definition) is 0. The summed E-state index contributed by atoms with van der Waals surface area (Å²) in [7, 11) is 0. The van der Waals surface area contributed by atoms with E-state index in [0.717, 1.165) is 0 Å². The first kappa shape index (κ1) is 12.3. The van der Waals surface area contributed by atoms with Crippen LogP contribution < -0.4 is 10.4 Å². The number of rotatable bonds is 0. The van der Waals surface area contributed by atoms with Gasteiger partial charge in [0.05, 0.1) is 0 Å². The first-order valence-corrected chi connectivity index (χ1v) is 8.37. The average Bonchev–Trinajstić information content (AvgIpc) is 3.15. The number of allylic oxidation sites excluding steroid dienone is 1. The van der Waals surface area contributed by atoms with Crippen LogP contribution in [0.1, 0.15) is 11.1 Å². The highest BCUT2D eigenvalue weighted by Gasteiger charge is 2.22. The smallest absolute Gasteiger partial charge is 0.00259 e. The standard InChI is InChI=1S/C24H14/c1-2-7-17-13-22-18(11-16(17)6-1)12-19-14-23-20-8-4-3-5-15(20)9-10-21(23)24(19)22/h1-14H. The zero-order chi connectivity index (χ0) is 15.7. The predicted octanol–water partition coefficient (Wildman–Crippen LogP) is 4.38. The van der Waals surface area contributed by atoms with Crippen LogP contribution in [0.3, 0.4) is 0 Å². The zero-order valence-corrected chi connectivity index (χ0v) is 13.1. The van der Waals surface area contributed by atoms with E-state index < -0.39 is 0 Å². The molecule has 0 amide bonds. The summed E-state index contributed by atoms with van der Waals surface area (Å²) in [4.78, 5) is 0. The Morgan fingerprint density at radius 3 is 2.21 bits per heavy atom. The Morgan fingerprint density at radius 2 is 1.33 bits per heavy atom. The van der Waals surface area contributed by atoms with E-state index in [1.165, 1.54) is 54.3 Å². The fraction of sp³-hybridized carbons (Fsp3) is 0. The Hall–Kier alpha value is -3.12. The van der Waals surface area contributed by atoms with Crippen molar-refractivity contribution >= 4 is 39.3 Å². The molecule has 0 fully saturated rings. The monoisotopic (exact) mass is 302 g/mol. The molecule has 2 aliphatic rings. The van der Waals surface area contributed by atoms with Crippen molar-refractivity contribution < 1.29 is 0 Å². The van der Waals surface area contributed by atoms with Gasteiger partial charge in [-0.05, 0) is 78.5 Å². The van der Waals surface area contributed by atoms with E-state index in [0.29, 0.717) is 0 Å². The largest absolute Gasteiger partial charge is 0.0616 e. The lowest BCUT2D eigenvalue weighted by Gasteiger charge is -2.05. The van der Waals surface area contributed by atoms with Crippen molar-refractivity contribution in [1.29, 1.82) is 0 Å². The van der Waals surface area contributed by atoms with Crippen molar-refractivity contribution in [2.45, 2.75) is 0 Å². The van der Waals surface area contributed by atoms with E-state index in [-0.39, 0.29) is 0 Å². The summed E-state index contributed by atoms with van der Waals surface area (Å²) in [5, 5.41) is 8.02. The molecule has 0 nitrogen and oxygen atoms in total. The molecular weight excluding hydrogens is 288 g/mol. The summed E-state index contributed by atoms with van der Waals surface area (Å²) in [5.41, 5.74) is 5.46. The highest BCUT2D eigenvalue weighted by Crippen LogP contribution is 2.38. The fourth-order valence-electron chi connectivity index (χ4n) is 4.23. The van der Waals surface area contributed by atoms with Crippen molar-refractivity contribution in [2.24, 2.45) is 0 Å². The Kier molecular flexibility index (Phi) is 2.18. The number of hydrogen-bond donors (Lipinski definition) is 0. The molecule has 4 aromatic rings. The summed E-state index contributed by atoms with van der Waals surface area (Å²) in [6, 6.07) is 26.5. The third kappa shape index (κ3) is 1.48. The third-order valence-corrected chi connectivity index (χ3v) is 5.33. The van der Waals surface area contributed by atoms with Gasteiger partial charge in [-0.1, -0.05) is 60.7 Å². The van der Waals surface area contributed by atoms with Gasteiger partial charge >= 0.3 is 0 Å². The molecule has 0 aromatic heterocycles. The number of benzene rings is 4. The molecular formula is C24H14. The van der Waals surface area contributed by atoms with Gasteiger partial charge in [-0.2, -0.15) is 0 Å². The van der Waals surface area contributed by atoms with Gasteiger partial charge in [0.25, 0.3) is 0 Å². The molecule has 0 atom stereocenters. The Bertz CT molecular complexity index is 1330. The van der Waals surface area contributed by atoms with Crippen molar-refractivity contribution in [3.63, 3.8) is 0 Å². The summed E-state index contributed by atoms with van der Waals surface area (Å²) in [5.74, 6) is 0. The summed E-state index contributed by atoms with van der Waals surface area (Å²) < 4.78 is 0. The molecule has 0 spiro atoms. The molecule has 0 heterocycles. The molecule has 4 aromatic carbocycles. The van der Waals surface area contributed by atoms with Crippen LogP contribution in [0, 0.1) is 0 Å². The van der Waals surface area contributed by atoms with Crippen molar-refractivity contribution in [3.05, 3.63) is 99.9 Å². The Labute approximate surface area is 139 Å². The molecule has 0 N–H and O–H groups in total. The van der Waals surface area contributed by atoms with Crippen LogP contribution in [0.15, 0.2) is 78.4 Å². The lowest BCUT2D eigenvalue weighted by Crippen LogP contribution is -2.23. The maximum Gasteiger partial charge on any atom is -0.00259 e. The number of fused-ring (bicyclic) bond motifs is 7. The molecule has 110 valence electrons. The van der Waals surface area contributed by atoms with E-state index >= 15 is 0 Å². The molecule has 2 aliphatic carbocycles. The second kappa shape index (κ2) is 4.24. The zero-order valence-electron chi connectivity index (χ0n) is 13.1. The Morgan fingerprint density at radius 1 is 0.583 bits per heavy atom. The first-order chi connectivity index (χ1) is 11.9. The summed E-state index contributed by atoms with van der Waals surface area (Å²) in [6.45, 7) is 0. The van der Waals surface area contributed by atoms with Crippen LogP contribution in [0.25, 0.3) is 39.3 Å². The highest BCUT2D eigenvalue weighted by molar-refractivity contribution is 6.07. The molecule has 0 radical (unpaired) electrons. The highest BCUT2D eigenvalue weighted by atomic mass is 14.3. The topological polar surface area (TPSA) is 0 Å². The lowest BCUT2D eigenvalue weighted by atomic mass is 9.98. The SMILES string of the molecule is C1=C2C=c3c(ccc4ccccc34)=C2c2cc3ccccc3cc21. The van der Waals surface area contributed by atoms with Crippen molar-refractivity contribution in [1.82, 2.24) is 0 Å². The maximum atomic E-state index is 2.36. The van der Waals surface area contributed by atoms with Gasteiger partial charge in [0, 0.05) is 0 Å².